The molecule has 1 aliphatic heterocycles. The van der Waals surface area contributed by atoms with Crippen LogP contribution in [0.3, 0.4) is 0 Å². The molecule has 2 heterocycles. The predicted molar refractivity (Wildman–Crippen MR) is 78.0 cm³/mol. The second kappa shape index (κ2) is 5.61. The van der Waals surface area contributed by atoms with Gasteiger partial charge in [0.25, 0.3) is 5.56 Å². The molecule has 4 atom stereocenters. The van der Waals surface area contributed by atoms with E-state index in [2.05, 4.69) is 10.2 Å². The minimum absolute atomic E-state index is 0.0641. The smallest absolute Gasteiger partial charge is 0.250 e. The molecule has 1 saturated heterocycles. The Morgan fingerprint density at radius 2 is 2.29 bits per heavy atom. The Bertz CT molecular complexity index is 584. The molecule has 6 heteroatoms. The third kappa shape index (κ3) is 2.61. The lowest BCUT2D eigenvalue weighted by molar-refractivity contribution is -0.128. The van der Waals surface area contributed by atoms with Crippen molar-refractivity contribution >= 4 is 5.91 Å². The molecule has 1 aromatic heterocycles. The monoisotopic (exact) mass is 291 g/mol. The van der Waals surface area contributed by atoms with E-state index in [0.29, 0.717) is 5.92 Å². The molecule has 21 heavy (non-hydrogen) atoms. The van der Waals surface area contributed by atoms with Gasteiger partial charge in [-0.05, 0) is 26.6 Å². The largest absolute Gasteiger partial charge is 0.376 e. The number of likely N-dealkylation sites (N-methyl/N-ethyl adjacent to an activating group) is 1. The summed E-state index contributed by atoms with van der Waals surface area (Å²) in [6, 6.07) is 5.21. The summed E-state index contributed by atoms with van der Waals surface area (Å²) in [5.74, 6) is 0.277. The molecule has 0 aromatic carbocycles. The van der Waals surface area contributed by atoms with Crippen molar-refractivity contribution in [2.75, 3.05) is 20.7 Å². The van der Waals surface area contributed by atoms with Gasteiger partial charge in [-0.3, -0.25) is 9.59 Å². The topological polar surface area (TPSA) is 63.6 Å². The first kappa shape index (κ1) is 14.3. The zero-order valence-electron chi connectivity index (χ0n) is 12.4. The fraction of sp³-hybridized carbons (Fsp3) is 0.600. The molecule has 0 unspecified atom stereocenters. The van der Waals surface area contributed by atoms with Crippen LogP contribution in [-0.4, -0.2) is 54.3 Å². The van der Waals surface area contributed by atoms with Crippen molar-refractivity contribution in [3.05, 3.63) is 34.7 Å². The molecule has 1 N–H and O–H groups in total. The van der Waals surface area contributed by atoms with E-state index < -0.39 is 0 Å². The third-order valence-electron chi connectivity index (χ3n) is 4.49. The zero-order valence-corrected chi connectivity index (χ0v) is 12.4. The van der Waals surface area contributed by atoms with Gasteiger partial charge in [0.1, 0.15) is 6.54 Å². The van der Waals surface area contributed by atoms with Gasteiger partial charge in [-0.15, -0.1) is 0 Å². The van der Waals surface area contributed by atoms with Gasteiger partial charge >= 0.3 is 0 Å². The van der Waals surface area contributed by atoms with Crippen LogP contribution in [0.4, 0.5) is 0 Å². The predicted octanol–water partition coefficient (Wildman–Crippen LogP) is -0.318. The quantitative estimate of drug-likeness (QED) is 0.826. The highest BCUT2D eigenvalue weighted by Gasteiger charge is 2.55. The standard InChI is InChI=1S/C15H21N3O3/c1-17(2)14-13(10-6-8-21-15(10)14)16-11(19)9-18-7-4-3-5-12(18)20/h3-5,7,10,13-15H,6,8-9H2,1-2H3,(H,16,19)/t10-,13+,14-,15-/m1/s1. The van der Waals surface area contributed by atoms with E-state index in [1.807, 2.05) is 14.1 Å². The zero-order chi connectivity index (χ0) is 15.0. The molecule has 1 aromatic rings. The molecule has 0 bridgehead atoms. The van der Waals surface area contributed by atoms with E-state index in [-0.39, 0.29) is 36.2 Å². The molecule has 3 rings (SSSR count). The fourth-order valence-corrected chi connectivity index (χ4v) is 3.46. The summed E-state index contributed by atoms with van der Waals surface area (Å²) in [4.78, 5) is 25.9. The summed E-state index contributed by atoms with van der Waals surface area (Å²) < 4.78 is 7.14. The van der Waals surface area contributed by atoms with Crippen molar-refractivity contribution < 1.29 is 9.53 Å². The second-order valence-corrected chi connectivity index (χ2v) is 6.00. The molecule has 2 fully saturated rings. The number of pyridine rings is 1. The number of nitrogens with one attached hydrogen (secondary N) is 1. The normalized spacial score (nSPS) is 30.8. The average Bonchev–Trinajstić information content (AvgIpc) is 2.82. The lowest BCUT2D eigenvalue weighted by Gasteiger charge is -2.50. The lowest BCUT2D eigenvalue weighted by atomic mass is 9.71. The minimum atomic E-state index is -0.160. The van der Waals surface area contributed by atoms with Crippen LogP contribution in [0.1, 0.15) is 6.42 Å². The number of aromatic nitrogens is 1. The summed E-state index contributed by atoms with van der Waals surface area (Å²) in [5.41, 5.74) is -0.160. The molecule has 114 valence electrons. The highest BCUT2D eigenvalue weighted by molar-refractivity contribution is 5.76. The molecule has 1 saturated carbocycles. The number of fused-ring (bicyclic) bond motifs is 1. The van der Waals surface area contributed by atoms with Crippen molar-refractivity contribution in [1.82, 2.24) is 14.8 Å². The van der Waals surface area contributed by atoms with E-state index in [1.165, 1.54) is 10.6 Å². The molecule has 0 radical (unpaired) electrons. The number of rotatable bonds is 4. The Hall–Kier alpha value is -1.66. The van der Waals surface area contributed by atoms with E-state index in [4.69, 9.17) is 4.74 Å². The Balaban J connectivity index is 1.64. The number of amides is 1. The van der Waals surface area contributed by atoms with Gasteiger partial charge < -0.3 is 19.5 Å². The van der Waals surface area contributed by atoms with E-state index in [9.17, 15) is 9.59 Å². The summed E-state index contributed by atoms with van der Waals surface area (Å²) >= 11 is 0. The van der Waals surface area contributed by atoms with Crippen molar-refractivity contribution in [3.8, 4) is 0 Å². The summed E-state index contributed by atoms with van der Waals surface area (Å²) in [6.07, 6.45) is 2.85. The number of carbonyl (C=O) groups is 1. The lowest BCUT2D eigenvalue weighted by Crippen LogP contribution is -2.69. The SMILES string of the molecule is CN(C)[C@@H]1[C@@H](NC(=O)Cn2ccccc2=O)[C@H]2CCO[C@H]21. The molecular formula is C15H21N3O3. The van der Waals surface area contributed by atoms with Gasteiger partial charge in [0, 0.05) is 24.8 Å². The number of carbonyl (C=O) groups excluding carboxylic acids is 1. The summed E-state index contributed by atoms with van der Waals surface area (Å²) in [5, 5.41) is 3.07. The van der Waals surface area contributed by atoms with Crippen LogP contribution in [0.25, 0.3) is 0 Å². The molecule has 1 aliphatic carbocycles. The van der Waals surface area contributed by atoms with Gasteiger partial charge in [0.15, 0.2) is 0 Å². The molecule has 1 amide bonds. The molecular weight excluding hydrogens is 270 g/mol. The Labute approximate surface area is 123 Å². The van der Waals surface area contributed by atoms with Crippen LogP contribution in [0.5, 0.6) is 0 Å². The first-order valence-corrected chi connectivity index (χ1v) is 7.31. The molecule has 0 spiro atoms. The van der Waals surface area contributed by atoms with E-state index >= 15 is 0 Å². The molecule has 2 aliphatic rings. The van der Waals surface area contributed by atoms with E-state index in [0.717, 1.165) is 13.0 Å². The van der Waals surface area contributed by atoms with Crippen LogP contribution in [0.15, 0.2) is 29.2 Å². The van der Waals surface area contributed by atoms with Gasteiger partial charge in [0.05, 0.1) is 18.2 Å². The fourth-order valence-electron chi connectivity index (χ4n) is 3.46. The Kier molecular flexibility index (Phi) is 3.82. The van der Waals surface area contributed by atoms with Crippen molar-refractivity contribution in [2.45, 2.75) is 31.2 Å². The Morgan fingerprint density at radius 1 is 1.48 bits per heavy atom. The first-order valence-electron chi connectivity index (χ1n) is 7.31. The van der Waals surface area contributed by atoms with Gasteiger partial charge in [-0.2, -0.15) is 0 Å². The highest BCUT2D eigenvalue weighted by Crippen LogP contribution is 2.41. The van der Waals surface area contributed by atoms with Crippen LogP contribution in [0.2, 0.25) is 0 Å². The van der Waals surface area contributed by atoms with Crippen LogP contribution >= 0.6 is 0 Å². The maximum atomic E-state index is 12.2. The van der Waals surface area contributed by atoms with Crippen molar-refractivity contribution in [3.63, 3.8) is 0 Å². The van der Waals surface area contributed by atoms with Gasteiger partial charge in [0.2, 0.25) is 5.91 Å². The minimum Gasteiger partial charge on any atom is -0.376 e. The average molecular weight is 291 g/mol. The summed E-state index contributed by atoms with van der Waals surface area (Å²) in [6.45, 7) is 0.832. The van der Waals surface area contributed by atoms with Crippen LogP contribution in [0, 0.1) is 5.92 Å². The number of hydrogen-bond donors (Lipinski definition) is 1. The second-order valence-electron chi connectivity index (χ2n) is 6.00. The third-order valence-corrected chi connectivity index (χ3v) is 4.49. The van der Waals surface area contributed by atoms with Crippen molar-refractivity contribution in [1.29, 1.82) is 0 Å². The first-order chi connectivity index (χ1) is 10.1. The number of ether oxygens (including phenoxy) is 1. The Morgan fingerprint density at radius 3 is 3.00 bits per heavy atom. The highest BCUT2D eigenvalue weighted by atomic mass is 16.5. The van der Waals surface area contributed by atoms with Crippen molar-refractivity contribution in [2.24, 2.45) is 5.92 Å². The van der Waals surface area contributed by atoms with Crippen LogP contribution < -0.4 is 10.9 Å². The molecule has 6 nitrogen and oxygen atoms in total. The van der Waals surface area contributed by atoms with Gasteiger partial charge in [-0.1, -0.05) is 6.07 Å². The maximum Gasteiger partial charge on any atom is 0.250 e. The number of hydrogen-bond acceptors (Lipinski definition) is 4. The number of nitrogens with zero attached hydrogens (tertiary/aromatic N) is 2. The maximum absolute atomic E-state index is 12.2. The van der Waals surface area contributed by atoms with Crippen LogP contribution in [-0.2, 0) is 16.1 Å². The van der Waals surface area contributed by atoms with Gasteiger partial charge in [-0.25, -0.2) is 0 Å². The summed E-state index contributed by atoms with van der Waals surface area (Å²) in [7, 11) is 4.01. The van der Waals surface area contributed by atoms with E-state index in [1.54, 1.807) is 18.3 Å².